The molecule has 3 aromatic rings. The molecule has 0 saturated carbocycles. The number of aromatic hydroxyl groups is 5. The fraction of sp³-hybridized carbons (Fsp3) is 0.286. The number of ether oxygens (including phenoxy) is 1. The number of rotatable bonds is 3. The van der Waals surface area contributed by atoms with E-state index in [1.165, 1.54) is 0 Å². The first-order chi connectivity index (χ1) is 15.5. The summed E-state index contributed by atoms with van der Waals surface area (Å²) in [5.41, 5.74) is -1.96. The summed E-state index contributed by atoms with van der Waals surface area (Å²) in [6, 6.07) is 3.73. The lowest BCUT2D eigenvalue weighted by molar-refractivity contribution is -0.232. The van der Waals surface area contributed by atoms with Crippen LogP contribution in [-0.2, 0) is 4.74 Å². The number of phenolic OH excluding ortho intramolecular Hbond substituents is 5. The maximum absolute atomic E-state index is 13.4. The summed E-state index contributed by atoms with van der Waals surface area (Å²) in [6.07, 6.45) is -8.56. The highest BCUT2D eigenvalue weighted by molar-refractivity contribution is 5.87. The molecule has 1 fully saturated rings. The molecule has 1 aliphatic rings. The van der Waals surface area contributed by atoms with E-state index in [-0.39, 0.29) is 11.1 Å². The molecule has 2 aromatic carbocycles. The van der Waals surface area contributed by atoms with Crippen LogP contribution in [0.25, 0.3) is 22.3 Å². The maximum atomic E-state index is 13.4. The molecule has 5 unspecified atom stereocenters. The Balaban J connectivity index is 2.07. The number of aliphatic hydroxyl groups is 4. The summed E-state index contributed by atoms with van der Waals surface area (Å²) in [5.74, 6) is -3.98. The summed E-state index contributed by atoms with van der Waals surface area (Å²) in [6.45, 7) is -0.782. The molecule has 0 amide bonds. The van der Waals surface area contributed by atoms with E-state index in [0.717, 1.165) is 24.3 Å². The molecule has 12 nitrogen and oxygen atoms in total. The first-order valence-electron chi connectivity index (χ1n) is 9.63. The van der Waals surface area contributed by atoms with Crippen molar-refractivity contribution >= 4 is 11.0 Å². The zero-order valence-corrected chi connectivity index (χ0v) is 16.7. The van der Waals surface area contributed by atoms with Gasteiger partial charge in [0.2, 0.25) is 5.43 Å². The van der Waals surface area contributed by atoms with E-state index < -0.39 is 88.0 Å². The Morgan fingerprint density at radius 1 is 0.818 bits per heavy atom. The monoisotopic (exact) mass is 464 g/mol. The number of benzene rings is 2. The summed E-state index contributed by atoms with van der Waals surface area (Å²) >= 11 is 0. The Kier molecular flexibility index (Phi) is 5.56. The van der Waals surface area contributed by atoms with Crippen molar-refractivity contribution in [2.45, 2.75) is 30.5 Å². The van der Waals surface area contributed by atoms with Gasteiger partial charge in [-0.1, -0.05) is 0 Å². The van der Waals surface area contributed by atoms with Gasteiger partial charge in [-0.15, -0.1) is 0 Å². The summed E-state index contributed by atoms with van der Waals surface area (Å²) in [4.78, 5) is 13.4. The number of phenols is 5. The minimum absolute atomic E-state index is 0.184. The lowest BCUT2D eigenvalue weighted by Crippen LogP contribution is -2.55. The van der Waals surface area contributed by atoms with Gasteiger partial charge in [-0.3, -0.25) is 4.79 Å². The van der Waals surface area contributed by atoms with Crippen LogP contribution in [0.15, 0.2) is 33.5 Å². The van der Waals surface area contributed by atoms with Crippen LogP contribution >= 0.6 is 0 Å². The summed E-state index contributed by atoms with van der Waals surface area (Å²) in [7, 11) is 0. The normalized spacial score (nSPS) is 25.4. The molecule has 0 spiro atoms. The van der Waals surface area contributed by atoms with E-state index in [1.807, 2.05) is 0 Å². The fourth-order valence-electron chi connectivity index (χ4n) is 3.85. The average Bonchev–Trinajstić information content (AvgIpc) is 2.75. The van der Waals surface area contributed by atoms with Gasteiger partial charge in [0.25, 0.3) is 0 Å². The van der Waals surface area contributed by atoms with Crippen molar-refractivity contribution in [3.8, 4) is 40.1 Å². The quantitative estimate of drug-likeness (QED) is 0.224. The van der Waals surface area contributed by atoms with Crippen LogP contribution < -0.4 is 5.43 Å². The second kappa shape index (κ2) is 8.10. The van der Waals surface area contributed by atoms with Crippen molar-refractivity contribution in [1.82, 2.24) is 0 Å². The second-order valence-corrected chi connectivity index (χ2v) is 7.62. The topological polar surface area (TPSA) is 222 Å². The van der Waals surface area contributed by atoms with Crippen molar-refractivity contribution in [2.75, 3.05) is 6.61 Å². The number of hydrogen-bond donors (Lipinski definition) is 9. The Morgan fingerprint density at radius 2 is 1.45 bits per heavy atom. The minimum atomic E-state index is -1.90. The van der Waals surface area contributed by atoms with Gasteiger partial charge in [0.15, 0.2) is 17.2 Å². The maximum Gasteiger partial charge on any atom is 0.203 e. The average molecular weight is 464 g/mol. The van der Waals surface area contributed by atoms with Crippen LogP contribution in [0, 0.1) is 0 Å². The zero-order valence-electron chi connectivity index (χ0n) is 16.7. The number of hydrogen-bond acceptors (Lipinski definition) is 12. The third-order valence-corrected chi connectivity index (χ3v) is 5.50. The molecule has 1 aromatic heterocycles. The van der Waals surface area contributed by atoms with Crippen LogP contribution in [-0.4, -0.2) is 77.0 Å². The Morgan fingerprint density at radius 3 is 2.06 bits per heavy atom. The molecule has 5 atom stereocenters. The molecule has 12 heteroatoms. The van der Waals surface area contributed by atoms with Crippen molar-refractivity contribution in [2.24, 2.45) is 0 Å². The molecule has 2 heterocycles. The predicted octanol–water partition coefficient (Wildman–Crippen LogP) is -0.497. The second-order valence-electron chi connectivity index (χ2n) is 7.62. The lowest BCUT2D eigenvalue weighted by Gasteiger charge is -2.40. The molecule has 9 N–H and O–H groups in total. The van der Waals surface area contributed by atoms with Gasteiger partial charge in [-0.05, 0) is 12.1 Å². The van der Waals surface area contributed by atoms with Gasteiger partial charge >= 0.3 is 0 Å². The van der Waals surface area contributed by atoms with Crippen molar-refractivity contribution in [1.29, 1.82) is 0 Å². The standard InChI is InChI=1S/C21H20O12/c22-5-12-16(28)18(30)19(31)21(33-12)14-17(29)13-8(24)3-7(23)4-11(13)32-20(14)6-1-9(25)15(27)10(26)2-6/h1-4,12,16,18-19,21-28,30-31H,5H2. The van der Waals surface area contributed by atoms with Gasteiger partial charge in [0, 0.05) is 17.7 Å². The molecular formula is C21H20O12. The third kappa shape index (κ3) is 3.59. The van der Waals surface area contributed by atoms with Crippen molar-refractivity contribution in [3.05, 3.63) is 40.1 Å². The molecule has 1 aliphatic heterocycles. The van der Waals surface area contributed by atoms with E-state index in [1.54, 1.807) is 0 Å². The molecule has 0 bridgehead atoms. The molecule has 0 radical (unpaired) electrons. The van der Waals surface area contributed by atoms with E-state index in [9.17, 15) is 50.8 Å². The van der Waals surface area contributed by atoms with E-state index >= 15 is 0 Å². The first-order valence-corrected chi connectivity index (χ1v) is 9.63. The van der Waals surface area contributed by atoms with E-state index in [4.69, 9.17) is 9.15 Å². The van der Waals surface area contributed by atoms with Crippen LogP contribution in [0.2, 0.25) is 0 Å². The SMILES string of the molecule is O=c1c(C2OC(CO)C(O)C(O)C2O)c(-c2cc(O)c(O)c(O)c2)oc2cc(O)cc(O)c12. The zero-order chi connectivity index (χ0) is 24.2. The van der Waals surface area contributed by atoms with Crippen molar-refractivity contribution < 1.29 is 55.1 Å². The molecule has 33 heavy (non-hydrogen) atoms. The predicted molar refractivity (Wildman–Crippen MR) is 109 cm³/mol. The van der Waals surface area contributed by atoms with Crippen LogP contribution in [0.1, 0.15) is 11.7 Å². The fourth-order valence-corrected chi connectivity index (χ4v) is 3.85. The van der Waals surface area contributed by atoms with E-state index in [0.29, 0.717) is 0 Å². The van der Waals surface area contributed by atoms with Crippen LogP contribution in [0.5, 0.6) is 28.7 Å². The number of fused-ring (bicyclic) bond motifs is 1. The van der Waals surface area contributed by atoms with Crippen LogP contribution in [0.3, 0.4) is 0 Å². The van der Waals surface area contributed by atoms with Gasteiger partial charge in [-0.25, -0.2) is 0 Å². The van der Waals surface area contributed by atoms with Crippen molar-refractivity contribution in [3.63, 3.8) is 0 Å². The molecule has 0 aliphatic carbocycles. The summed E-state index contributed by atoms with van der Waals surface area (Å²) < 4.78 is 11.2. The molecule has 176 valence electrons. The van der Waals surface area contributed by atoms with Gasteiger partial charge in [0.1, 0.15) is 58.7 Å². The lowest BCUT2D eigenvalue weighted by atomic mass is 9.89. The van der Waals surface area contributed by atoms with E-state index in [2.05, 4.69) is 0 Å². The Labute approximate surface area is 184 Å². The van der Waals surface area contributed by atoms with Crippen LogP contribution in [0.4, 0.5) is 0 Å². The Bertz CT molecular complexity index is 1260. The minimum Gasteiger partial charge on any atom is -0.508 e. The molecule has 4 rings (SSSR count). The summed E-state index contributed by atoms with van der Waals surface area (Å²) in [5, 5.41) is 89.4. The highest BCUT2D eigenvalue weighted by Crippen LogP contribution is 2.43. The van der Waals surface area contributed by atoms with Gasteiger partial charge in [-0.2, -0.15) is 0 Å². The van der Waals surface area contributed by atoms with Gasteiger partial charge in [0.05, 0.1) is 12.2 Å². The third-order valence-electron chi connectivity index (χ3n) is 5.50. The molecular weight excluding hydrogens is 444 g/mol. The highest BCUT2D eigenvalue weighted by Gasteiger charge is 2.46. The van der Waals surface area contributed by atoms with Gasteiger partial charge < -0.3 is 55.1 Å². The number of aliphatic hydroxyl groups excluding tert-OH is 4. The highest BCUT2D eigenvalue weighted by atomic mass is 16.5. The largest absolute Gasteiger partial charge is 0.508 e. The smallest absolute Gasteiger partial charge is 0.203 e. The first kappa shape index (κ1) is 22.6. The molecule has 1 saturated heterocycles. The Hall–Kier alpha value is -3.55.